The summed E-state index contributed by atoms with van der Waals surface area (Å²) in [6, 6.07) is 0. The third-order valence-corrected chi connectivity index (χ3v) is 8.28. The summed E-state index contributed by atoms with van der Waals surface area (Å²) < 4.78 is 5.86. The van der Waals surface area contributed by atoms with E-state index in [1.165, 1.54) is 38.5 Å². The molecule has 2 heteroatoms. The largest absolute Gasteiger partial charge is 0.393 e. The van der Waals surface area contributed by atoms with Gasteiger partial charge in [0.05, 0.1) is 12.2 Å². The van der Waals surface area contributed by atoms with E-state index in [0.717, 1.165) is 30.6 Å². The molecule has 3 saturated carbocycles. The molecular weight excluding hydrogens is 272 g/mol. The predicted molar refractivity (Wildman–Crippen MR) is 88.5 cm³/mol. The lowest BCUT2D eigenvalue weighted by Crippen LogP contribution is -2.51. The zero-order chi connectivity index (χ0) is 15.5. The summed E-state index contributed by atoms with van der Waals surface area (Å²) in [5, 5.41) is 10.1. The zero-order valence-corrected chi connectivity index (χ0v) is 14.5. The molecule has 4 aliphatic rings. The first-order chi connectivity index (χ1) is 10.5. The monoisotopic (exact) mass is 304 g/mol. The molecule has 0 amide bonds. The molecule has 0 spiro atoms. The molecule has 124 valence electrons. The van der Waals surface area contributed by atoms with E-state index >= 15 is 0 Å². The fraction of sp³-hybridized carbons (Fsp3) is 0.900. The van der Waals surface area contributed by atoms with Crippen molar-refractivity contribution in [2.45, 2.75) is 77.4 Å². The Balaban J connectivity index is 1.66. The molecule has 0 aromatic carbocycles. The van der Waals surface area contributed by atoms with Crippen LogP contribution in [0.3, 0.4) is 0 Å². The van der Waals surface area contributed by atoms with Crippen LogP contribution in [-0.4, -0.2) is 24.4 Å². The van der Waals surface area contributed by atoms with E-state index < -0.39 is 0 Å². The van der Waals surface area contributed by atoms with Crippen LogP contribution in [0.4, 0.5) is 0 Å². The van der Waals surface area contributed by atoms with Crippen molar-refractivity contribution in [3.8, 4) is 0 Å². The van der Waals surface area contributed by atoms with Crippen molar-refractivity contribution in [1.29, 1.82) is 0 Å². The van der Waals surface area contributed by atoms with Gasteiger partial charge < -0.3 is 9.84 Å². The second-order valence-electron chi connectivity index (χ2n) is 9.00. The number of aliphatic hydroxyl groups is 1. The van der Waals surface area contributed by atoms with Gasteiger partial charge in [-0.25, -0.2) is 0 Å². The number of ether oxygens (including phenoxy) is 1. The van der Waals surface area contributed by atoms with Gasteiger partial charge in [0, 0.05) is 7.11 Å². The maximum atomic E-state index is 10.1. The first-order valence-corrected chi connectivity index (χ1v) is 9.39. The summed E-state index contributed by atoms with van der Waals surface area (Å²) in [6.07, 6.45) is 12.6. The Morgan fingerprint density at radius 1 is 1.09 bits per heavy atom. The van der Waals surface area contributed by atoms with Gasteiger partial charge in [-0.1, -0.05) is 25.5 Å². The highest BCUT2D eigenvalue weighted by molar-refractivity contribution is 5.25. The van der Waals surface area contributed by atoms with Gasteiger partial charge in [0.15, 0.2) is 0 Å². The van der Waals surface area contributed by atoms with Crippen LogP contribution in [0, 0.1) is 28.6 Å². The van der Waals surface area contributed by atoms with Crippen LogP contribution in [-0.2, 0) is 4.74 Å². The van der Waals surface area contributed by atoms with Crippen molar-refractivity contribution >= 4 is 0 Å². The molecule has 0 radical (unpaired) electrons. The standard InChI is InChI=1S/C20H32O2/c1-19-10-8-14(21)12-13(19)4-5-15-16-6-7-18(22-3)20(16,2)11-9-17(15)19/h4,14-18,21H,5-12H2,1-3H3/t14-,15+,16+,17+,18+,19-,20-/m0/s1. The van der Waals surface area contributed by atoms with E-state index in [0.29, 0.717) is 16.9 Å². The second kappa shape index (κ2) is 5.08. The Morgan fingerprint density at radius 3 is 2.68 bits per heavy atom. The molecule has 0 aromatic heterocycles. The molecule has 2 nitrogen and oxygen atoms in total. The summed E-state index contributed by atoms with van der Waals surface area (Å²) in [5.74, 6) is 2.54. The average Bonchev–Trinajstić information content (AvgIpc) is 2.84. The van der Waals surface area contributed by atoms with Crippen LogP contribution in [0.15, 0.2) is 11.6 Å². The highest BCUT2D eigenvalue weighted by atomic mass is 16.5. The lowest BCUT2D eigenvalue weighted by molar-refractivity contribution is -0.0820. The lowest BCUT2D eigenvalue weighted by Gasteiger charge is -2.57. The maximum absolute atomic E-state index is 10.1. The Hall–Kier alpha value is -0.340. The Morgan fingerprint density at radius 2 is 1.91 bits per heavy atom. The highest BCUT2D eigenvalue weighted by Crippen LogP contribution is 2.65. The summed E-state index contributed by atoms with van der Waals surface area (Å²) >= 11 is 0. The minimum absolute atomic E-state index is 0.0888. The minimum Gasteiger partial charge on any atom is -0.393 e. The van der Waals surface area contributed by atoms with Gasteiger partial charge in [0.1, 0.15) is 0 Å². The van der Waals surface area contributed by atoms with Gasteiger partial charge in [0.2, 0.25) is 0 Å². The van der Waals surface area contributed by atoms with Crippen LogP contribution in [0.1, 0.15) is 65.2 Å². The van der Waals surface area contributed by atoms with Gasteiger partial charge >= 0.3 is 0 Å². The van der Waals surface area contributed by atoms with Gasteiger partial charge in [-0.2, -0.15) is 0 Å². The topological polar surface area (TPSA) is 29.5 Å². The van der Waals surface area contributed by atoms with Crippen LogP contribution in [0.2, 0.25) is 0 Å². The van der Waals surface area contributed by atoms with Crippen molar-refractivity contribution in [1.82, 2.24) is 0 Å². The van der Waals surface area contributed by atoms with Crippen LogP contribution < -0.4 is 0 Å². The number of fused-ring (bicyclic) bond motifs is 5. The molecule has 1 N–H and O–H groups in total. The molecule has 7 atom stereocenters. The third-order valence-electron chi connectivity index (χ3n) is 8.28. The summed E-state index contributed by atoms with van der Waals surface area (Å²) in [6.45, 7) is 5.01. The number of methoxy groups -OCH3 is 1. The normalized spacial score (nSPS) is 54.2. The summed E-state index contributed by atoms with van der Waals surface area (Å²) in [5.41, 5.74) is 2.36. The highest BCUT2D eigenvalue weighted by Gasteiger charge is 2.58. The number of hydrogen-bond donors (Lipinski definition) is 1. The fourth-order valence-electron chi connectivity index (χ4n) is 6.98. The molecule has 0 unspecified atom stereocenters. The van der Waals surface area contributed by atoms with Crippen molar-refractivity contribution < 1.29 is 9.84 Å². The fourth-order valence-corrected chi connectivity index (χ4v) is 6.98. The maximum Gasteiger partial charge on any atom is 0.0627 e. The number of hydrogen-bond acceptors (Lipinski definition) is 2. The van der Waals surface area contributed by atoms with Gasteiger partial charge in [-0.05, 0) is 80.0 Å². The Kier molecular flexibility index (Phi) is 3.51. The molecule has 0 aliphatic heterocycles. The van der Waals surface area contributed by atoms with E-state index in [2.05, 4.69) is 19.9 Å². The summed E-state index contributed by atoms with van der Waals surface area (Å²) in [4.78, 5) is 0. The first-order valence-electron chi connectivity index (χ1n) is 9.39. The quantitative estimate of drug-likeness (QED) is 0.731. The average molecular weight is 304 g/mol. The molecule has 0 bridgehead atoms. The van der Waals surface area contributed by atoms with Crippen molar-refractivity contribution in [3.63, 3.8) is 0 Å². The molecule has 3 fully saturated rings. The van der Waals surface area contributed by atoms with Gasteiger partial charge in [0.25, 0.3) is 0 Å². The van der Waals surface area contributed by atoms with Crippen molar-refractivity contribution in [3.05, 3.63) is 11.6 Å². The first kappa shape index (κ1) is 15.2. The Bertz CT molecular complexity index is 484. The SMILES string of the molecule is CO[C@@H]1CC[C@@H]2[C@H]3CC=C4C[C@@H](O)CC[C@]4(C)[C@@H]3CC[C@@]21C. The molecule has 4 aliphatic carbocycles. The summed E-state index contributed by atoms with van der Waals surface area (Å²) in [7, 11) is 1.91. The van der Waals surface area contributed by atoms with Crippen molar-refractivity contribution in [2.75, 3.05) is 7.11 Å². The van der Waals surface area contributed by atoms with E-state index in [-0.39, 0.29) is 6.10 Å². The van der Waals surface area contributed by atoms with Crippen LogP contribution in [0.25, 0.3) is 0 Å². The van der Waals surface area contributed by atoms with Gasteiger partial charge in [-0.3, -0.25) is 0 Å². The molecule has 0 aromatic rings. The van der Waals surface area contributed by atoms with E-state index in [9.17, 15) is 5.11 Å². The minimum atomic E-state index is -0.0888. The molecule has 4 rings (SSSR count). The number of allylic oxidation sites excluding steroid dienone is 1. The molecule has 0 heterocycles. The Labute approximate surface area is 135 Å². The van der Waals surface area contributed by atoms with E-state index in [4.69, 9.17) is 4.74 Å². The second-order valence-corrected chi connectivity index (χ2v) is 9.00. The van der Waals surface area contributed by atoms with Gasteiger partial charge in [-0.15, -0.1) is 0 Å². The van der Waals surface area contributed by atoms with Crippen LogP contribution >= 0.6 is 0 Å². The molecule has 22 heavy (non-hydrogen) atoms. The zero-order valence-electron chi connectivity index (χ0n) is 14.5. The molecule has 0 saturated heterocycles. The predicted octanol–water partition coefficient (Wildman–Crippen LogP) is 4.33. The van der Waals surface area contributed by atoms with E-state index in [1.807, 2.05) is 7.11 Å². The number of aliphatic hydroxyl groups excluding tert-OH is 1. The van der Waals surface area contributed by atoms with E-state index in [1.54, 1.807) is 5.57 Å². The van der Waals surface area contributed by atoms with Crippen LogP contribution in [0.5, 0.6) is 0 Å². The van der Waals surface area contributed by atoms with Crippen molar-refractivity contribution in [2.24, 2.45) is 28.6 Å². The molecular formula is C20H32O2. The third kappa shape index (κ3) is 1.92. The number of rotatable bonds is 1. The lowest BCUT2D eigenvalue weighted by atomic mass is 9.48. The smallest absolute Gasteiger partial charge is 0.0627 e.